The fourth-order valence-corrected chi connectivity index (χ4v) is 18.0. The van der Waals surface area contributed by atoms with Crippen molar-refractivity contribution in [2.45, 2.75) is 0 Å². The van der Waals surface area contributed by atoms with Gasteiger partial charge in [-0.25, -0.2) is 0 Å². The van der Waals surface area contributed by atoms with Crippen LogP contribution in [0.2, 0.25) is 0 Å². The van der Waals surface area contributed by atoms with E-state index in [0.29, 0.717) is 0 Å². The quantitative estimate of drug-likeness (QED) is 0.163. The maximum Gasteiger partial charge on any atom is 0.135 e. The van der Waals surface area contributed by atoms with E-state index in [1.165, 1.54) is 186 Å². The van der Waals surface area contributed by atoms with E-state index >= 15 is 0 Å². The standard InChI is InChI=1S/C38H25N.C36H23N.C32H19NO/c1-3-11-26(12-4-1)30-21-22-34(33(25-30)27-13-5-2-6-14-27)39-35-23-19-28-15-7-9-17-31(28)37(35)38-32-18-10-8-16-29(32)20-24-36(38)39;1-2-10-24(11-3-1)27-20-23-32(31-17-9-8-16-30(27)31)37-33-21-18-25-12-4-6-14-28(25)35(33)36-29-15-7-5-13-26(29)19-22-34(36)37;1-3-9-23-20(7-1)13-16-27-31(23)32-24-10-4-2-8-21(24)14-17-28(32)33(27)22-15-18-30-26(19-22)25-11-5-6-12-29(25)34-30/h1-25H;1-23H;1-19H. The predicted octanol–water partition coefficient (Wildman–Crippen LogP) is 29.3. The smallest absolute Gasteiger partial charge is 0.135 e. The van der Waals surface area contributed by atoms with Crippen LogP contribution in [-0.4, -0.2) is 13.7 Å². The molecule has 4 heterocycles. The molecule has 0 amide bonds. The van der Waals surface area contributed by atoms with Crippen LogP contribution >= 0.6 is 0 Å². The number of furan rings is 1. The van der Waals surface area contributed by atoms with Gasteiger partial charge in [0.25, 0.3) is 0 Å². The van der Waals surface area contributed by atoms with E-state index in [-0.39, 0.29) is 0 Å². The lowest BCUT2D eigenvalue weighted by molar-refractivity contribution is 0.669. The van der Waals surface area contributed by atoms with Crippen molar-refractivity contribution in [2.75, 3.05) is 0 Å². The summed E-state index contributed by atoms with van der Waals surface area (Å²) in [6.07, 6.45) is 0. The van der Waals surface area contributed by atoms with E-state index in [2.05, 4.69) is 408 Å². The molecule has 0 N–H and O–H groups in total. The second-order valence-corrected chi connectivity index (χ2v) is 28.9. The Labute approximate surface area is 633 Å². The first-order chi connectivity index (χ1) is 54.6. The Morgan fingerprint density at radius 2 is 0.482 bits per heavy atom. The van der Waals surface area contributed by atoms with Gasteiger partial charge >= 0.3 is 0 Å². The number of nitrogens with zero attached hydrogens (tertiary/aromatic N) is 3. The Morgan fingerprint density at radius 1 is 0.164 bits per heavy atom. The normalized spacial score (nSPS) is 11.8. The Kier molecular flexibility index (Phi) is 14.6. The summed E-state index contributed by atoms with van der Waals surface area (Å²) < 4.78 is 13.5. The molecule has 0 bridgehead atoms. The third-order valence-corrected chi connectivity index (χ3v) is 22.9. The van der Waals surface area contributed by atoms with E-state index in [4.69, 9.17) is 4.42 Å². The number of para-hydroxylation sites is 1. The van der Waals surface area contributed by atoms with Crippen LogP contribution in [0.15, 0.2) is 411 Å². The van der Waals surface area contributed by atoms with Crippen molar-refractivity contribution in [3.05, 3.63) is 406 Å². The maximum absolute atomic E-state index is 6.11. The van der Waals surface area contributed by atoms with Crippen molar-refractivity contribution in [1.82, 2.24) is 13.7 Å². The van der Waals surface area contributed by atoms with E-state index < -0.39 is 0 Å². The van der Waals surface area contributed by atoms with Gasteiger partial charge in [0.05, 0.1) is 44.5 Å². The second kappa shape index (κ2) is 25.6. The van der Waals surface area contributed by atoms with Gasteiger partial charge in [-0.2, -0.15) is 0 Å². The third kappa shape index (κ3) is 10.0. The molecule has 0 spiro atoms. The minimum absolute atomic E-state index is 0.918. The topological polar surface area (TPSA) is 27.9 Å². The van der Waals surface area contributed by atoms with Gasteiger partial charge in [-0.05, 0) is 177 Å². The van der Waals surface area contributed by atoms with Gasteiger partial charge in [0, 0.05) is 59.7 Å². The van der Waals surface area contributed by atoms with Gasteiger partial charge in [0.1, 0.15) is 11.2 Å². The SMILES string of the molecule is c1ccc(-c2ccc(-n3c4ccc5ccccc5c4c4c5ccccc5ccc43)c(-c3ccccc3)c2)cc1.c1ccc(-c2ccc(-n3c4ccc5ccccc5c4c4c5ccccc5ccc43)c3ccccc23)cc1.c1ccc2c(c1)ccc1c2c2c3ccccc3ccc2n1-c1ccc2oc3ccccc3c2c1. The summed E-state index contributed by atoms with van der Waals surface area (Å²) >= 11 is 0. The van der Waals surface area contributed by atoms with E-state index in [1.54, 1.807) is 0 Å². The van der Waals surface area contributed by atoms with Crippen LogP contribution < -0.4 is 0 Å². The highest BCUT2D eigenvalue weighted by Gasteiger charge is 2.24. The van der Waals surface area contributed by atoms with Gasteiger partial charge in [0.15, 0.2) is 0 Å². The van der Waals surface area contributed by atoms with Crippen molar-refractivity contribution >= 4 is 163 Å². The highest BCUT2D eigenvalue weighted by atomic mass is 16.3. The summed E-state index contributed by atoms with van der Waals surface area (Å²) in [6, 6.07) is 147. The summed E-state index contributed by atoms with van der Waals surface area (Å²) in [7, 11) is 0. The van der Waals surface area contributed by atoms with E-state index in [1.807, 2.05) is 12.1 Å². The minimum atomic E-state index is 0.918. The molecule has 4 nitrogen and oxygen atoms in total. The molecule has 4 heteroatoms. The Hall–Kier alpha value is -14.6. The lowest BCUT2D eigenvalue weighted by Gasteiger charge is -2.16. The molecule has 24 aromatic rings. The molecule has 0 aliphatic carbocycles. The molecule has 110 heavy (non-hydrogen) atoms. The summed E-state index contributed by atoms with van der Waals surface area (Å²) in [4.78, 5) is 0. The van der Waals surface area contributed by atoms with Crippen molar-refractivity contribution in [3.8, 4) is 50.4 Å². The molecular weight excluding hydrogens is 1330 g/mol. The molecule has 0 radical (unpaired) electrons. The molecule has 0 saturated heterocycles. The average molecular weight is 1400 g/mol. The zero-order valence-corrected chi connectivity index (χ0v) is 59.9. The van der Waals surface area contributed by atoms with Crippen LogP contribution in [0.25, 0.3) is 213 Å². The maximum atomic E-state index is 6.11. The first-order valence-electron chi connectivity index (χ1n) is 37.9. The van der Waals surface area contributed by atoms with Gasteiger partial charge in [0.2, 0.25) is 0 Å². The monoisotopic (exact) mass is 1400 g/mol. The summed E-state index contributed by atoms with van der Waals surface area (Å²) in [6.45, 7) is 0. The van der Waals surface area contributed by atoms with Gasteiger partial charge in [-0.15, -0.1) is 0 Å². The molecule has 20 aromatic carbocycles. The highest BCUT2D eigenvalue weighted by molar-refractivity contribution is 6.32. The minimum Gasteiger partial charge on any atom is -0.456 e. The molecular formula is C106H67N3O. The number of fused-ring (bicyclic) bond motifs is 25. The second-order valence-electron chi connectivity index (χ2n) is 28.9. The summed E-state index contributed by atoms with van der Waals surface area (Å²) in [5, 5.41) is 28.0. The molecule has 0 aliphatic heterocycles. The fraction of sp³-hybridized carbons (Fsp3) is 0. The molecule has 512 valence electrons. The number of rotatable bonds is 6. The third-order valence-electron chi connectivity index (χ3n) is 22.9. The van der Waals surface area contributed by atoms with Crippen LogP contribution in [0.4, 0.5) is 0 Å². The Balaban J connectivity index is 0.000000102. The molecule has 24 rings (SSSR count). The lowest BCUT2D eigenvalue weighted by Crippen LogP contribution is -1.98. The molecule has 4 aromatic heterocycles. The van der Waals surface area contributed by atoms with Crippen LogP contribution in [0.1, 0.15) is 0 Å². The zero-order valence-electron chi connectivity index (χ0n) is 59.9. The first kappa shape index (κ1) is 62.8. The largest absolute Gasteiger partial charge is 0.456 e. The lowest BCUT2D eigenvalue weighted by atomic mass is 9.97. The van der Waals surface area contributed by atoms with Crippen LogP contribution in [0.3, 0.4) is 0 Å². The predicted molar refractivity (Wildman–Crippen MR) is 468 cm³/mol. The fourth-order valence-electron chi connectivity index (χ4n) is 18.0. The molecule has 0 saturated carbocycles. The first-order valence-corrected chi connectivity index (χ1v) is 37.9. The number of aromatic nitrogens is 3. The summed E-state index contributed by atoms with van der Waals surface area (Å²) in [5.41, 5.74) is 20.1. The van der Waals surface area contributed by atoms with Crippen molar-refractivity contribution in [3.63, 3.8) is 0 Å². The van der Waals surface area contributed by atoms with Gasteiger partial charge in [-0.1, -0.05) is 328 Å². The number of hydrogen-bond donors (Lipinski definition) is 0. The van der Waals surface area contributed by atoms with Gasteiger partial charge < -0.3 is 18.1 Å². The van der Waals surface area contributed by atoms with Crippen LogP contribution in [0.5, 0.6) is 0 Å². The average Bonchev–Trinajstić information content (AvgIpc) is 1.56. The van der Waals surface area contributed by atoms with Crippen molar-refractivity contribution in [2.24, 2.45) is 0 Å². The molecule has 0 fully saturated rings. The van der Waals surface area contributed by atoms with Crippen molar-refractivity contribution < 1.29 is 4.42 Å². The zero-order chi connectivity index (χ0) is 72.3. The summed E-state index contributed by atoms with van der Waals surface area (Å²) in [5.74, 6) is 0. The Bertz CT molecular complexity index is 7550. The number of hydrogen-bond acceptors (Lipinski definition) is 1. The molecule has 0 unspecified atom stereocenters. The van der Waals surface area contributed by atoms with E-state index in [0.717, 1.165) is 27.6 Å². The van der Waals surface area contributed by atoms with Crippen LogP contribution in [-0.2, 0) is 0 Å². The van der Waals surface area contributed by atoms with E-state index in [9.17, 15) is 0 Å². The van der Waals surface area contributed by atoms with Gasteiger partial charge in [-0.3, -0.25) is 0 Å². The number of benzene rings is 20. The molecule has 0 aliphatic rings. The molecule has 0 atom stereocenters. The Morgan fingerprint density at radius 3 is 0.909 bits per heavy atom. The highest BCUT2D eigenvalue weighted by Crippen LogP contribution is 2.47. The van der Waals surface area contributed by atoms with Crippen molar-refractivity contribution in [1.29, 1.82) is 0 Å². The van der Waals surface area contributed by atoms with Crippen LogP contribution in [0, 0.1) is 0 Å².